The second-order valence-corrected chi connectivity index (χ2v) is 7.82. The van der Waals surface area contributed by atoms with Gasteiger partial charge in [-0.25, -0.2) is 9.98 Å². The fourth-order valence-corrected chi connectivity index (χ4v) is 3.97. The Morgan fingerprint density at radius 2 is 1.90 bits per heavy atom. The maximum Gasteiger partial charge on any atom is 0.191 e. The Morgan fingerprint density at radius 1 is 1.06 bits per heavy atom. The molecule has 6 heteroatoms. The summed E-state index contributed by atoms with van der Waals surface area (Å²) in [5.74, 6) is 1.93. The molecule has 4 rings (SSSR count). The van der Waals surface area contributed by atoms with Crippen LogP contribution in [0.3, 0.4) is 0 Å². The highest BCUT2D eigenvalue weighted by atomic mass is 15.2. The van der Waals surface area contributed by atoms with Crippen molar-refractivity contribution in [2.75, 3.05) is 31.1 Å². The molecule has 0 saturated heterocycles. The van der Waals surface area contributed by atoms with E-state index in [0.717, 1.165) is 56.4 Å². The minimum atomic E-state index is 0.662. The van der Waals surface area contributed by atoms with Gasteiger partial charge in [-0.2, -0.15) is 0 Å². The number of para-hydroxylation sites is 2. The van der Waals surface area contributed by atoms with Gasteiger partial charge in [-0.1, -0.05) is 36.4 Å². The van der Waals surface area contributed by atoms with Gasteiger partial charge in [0.15, 0.2) is 5.96 Å². The predicted octanol–water partition coefficient (Wildman–Crippen LogP) is 3.87. The highest BCUT2D eigenvalue weighted by molar-refractivity contribution is 5.79. The van der Waals surface area contributed by atoms with Gasteiger partial charge >= 0.3 is 0 Å². The zero-order chi connectivity index (χ0) is 21.5. The number of nitrogens with zero attached hydrogens (tertiary/aromatic N) is 4. The van der Waals surface area contributed by atoms with Gasteiger partial charge in [0.2, 0.25) is 0 Å². The summed E-state index contributed by atoms with van der Waals surface area (Å²) in [5.41, 5.74) is 4.75. The van der Waals surface area contributed by atoms with Crippen LogP contribution >= 0.6 is 0 Å². The lowest BCUT2D eigenvalue weighted by atomic mass is 10.2. The zero-order valence-corrected chi connectivity index (χ0v) is 18.5. The van der Waals surface area contributed by atoms with E-state index in [4.69, 9.17) is 4.99 Å². The molecule has 1 aliphatic heterocycles. The summed E-state index contributed by atoms with van der Waals surface area (Å²) in [6.07, 6.45) is 5.43. The minimum absolute atomic E-state index is 0.662. The first-order chi connectivity index (χ1) is 15.2. The molecular formula is C25H32N6. The summed E-state index contributed by atoms with van der Waals surface area (Å²) >= 11 is 0. The molecular weight excluding hydrogens is 384 g/mol. The molecule has 0 fully saturated rings. The van der Waals surface area contributed by atoms with Gasteiger partial charge in [-0.15, -0.1) is 0 Å². The van der Waals surface area contributed by atoms with Crippen LogP contribution in [0.5, 0.6) is 0 Å². The largest absolute Gasteiger partial charge is 0.364 e. The number of rotatable bonds is 8. The fraction of sp³-hybridized carbons (Fsp3) is 0.360. The molecule has 0 amide bonds. The van der Waals surface area contributed by atoms with E-state index in [1.165, 1.54) is 16.8 Å². The van der Waals surface area contributed by atoms with Gasteiger partial charge in [0.1, 0.15) is 5.82 Å². The summed E-state index contributed by atoms with van der Waals surface area (Å²) < 4.78 is 2.29. The number of hydrogen-bond acceptors (Lipinski definition) is 3. The van der Waals surface area contributed by atoms with E-state index in [9.17, 15) is 0 Å². The van der Waals surface area contributed by atoms with E-state index in [-0.39, 0.29) is 0 Å². The summed E-state index contributed by atoms with van der Waals surface area (Å²) in [6, 6.07) is 17.0. The number of aromatic nitrogens is 2. The fourth-order valence-electron chi connectivity index (χ4n) is 3.97. The number of aryl methyl sites for hydroxylation is 2. The van der Waals surface area contributed by atoms with Crippen molar-refractivity contribution in [3.63, 3.8) is 0 Å². The van der Waals surface area contributed by atoms with Crippen molar-refractivity contribution in [2.24, 2.45) is 4.99 Å². The van der Waals surface area contributed by atoms with Crippen LogP contribution in [0.4, 0.5) is 5.69 Å². The Bertz CT molecular complexity index is 1060. The molecule has 0 aliphatic carbocycles. The summed E-state index contributed by atoms with van der Waals surface area (Å²) in [5, 5.41) is 6.83. The smallest absolute Gasteiger partial charge is 0.191 e. The van der Waals surface area contributed by atoms with Crippen LogP contribution in [0, 0.1) is 6.92 Å². The number of anilines is 1. The Balaban J connectivity index is 1.32. The minimum Gasteiger partial charge on any atom is -0.364 e. The van der Waals surface area contributed by atoms with Crippen LogP contribution in [0.2, 0.25) is 0 Å². The molecule has 3 aromatic rings. The SMILES string of the molecule is CCNC(=NCc1cccc(N2CC=CC2)c1)NCCCn1c(C)nc2ccccc21. The quantitative estimate of drug-likeness (QED) is 0.253. The number of guanidine groups is 1. The van der Waals surface area contributed by atoms with Gasteiger partial charge in [0, 0.05) is 38.4 Å². The molecule has 0 spiro atoms. The first-order valence-electron chi connectivity index (χ1n) is 11.2. The number of aliphatic imine (C=N–C) groups is 1. The van der Waals surface area contributed by atoms with Crippen molar-refractivity contribution >= 4 is 22.7 Å². The van der Waals surface area contributed by atoms with Crippen LogP contribution in [0.25, 0.3) is 11.0 Å². The molecule has 0 radical (unpaired) electrons. The number of fused-ring (bicyclic) bond motifs is 1. The van der Waals surface area contributed by atoms with Crippen molar-refractivity contribution in [3.05, 3.63) is 72.1 Å². The van der Waals surface area contributed by atoms with Gasteiger partial charge in [0.05, 0.1) is 17.6 Å². The second-order valence-electron chi connectivity index (χ2n) is 7.82. The molecule has 2 heterocycles. The molecule has 162 valence electrons. The van der Waals surface area contributed by atoms with Crippen LogP contribution in [-0.4, -0.2) is 41.7 Å². The van der Waals surface area contributed by atoms with Gasteiger partial charge in [0.25, 0.3) is 0 Å². The Morgan fingerprint density at radius 3 is 2.74 bits per heavy atom. The van der Waals surface area contributed by atoms with E-state index < -0.39 is 0 Å². The third-order valence-corrected chi connectivity index (χ3v) is 5.55. The molecule has 0 atom stereocenters. The molecule has 0 unspecified atom stereocenters. The van der Waals surface area contributed by atoms with Crippen LogP contribution in [0.15, 0.2) is 65.7 Å². The van der Waals surface area contributed by atoms with Crippen molar-refractivity contribution in [1.82, 2.24) is 20.2 Å². The molecule has 2 aromatic carbocycles. The first kappa shape index (κ1) is 21.0. The Hall–Kier alpha value is -3.28. The lowest BCUT2D eigenvalue weighted by Crippen LogP contribution is -2.38. The summed E-state index contributed by atoms with van der Waals surface area (Å²) in [4.78, 5) is 11.8. The first-order valence-corrected chi connectivity index (χ1v) is 11.2. The maximum absolute atomic E-state index is 4.79. The number of nitrogens with one attached hydrogen (secondary N) is 2. The Kier molecular flexibility index (Phi) is 6.87. The lowest BCUT2D eigenvalue weighted by Gasteiger charge is -2.18. The van der Waals surface area contributed by atoms with E-state index in [1.807, 2.05) is 6.07 Å². The average molecular weight is 417 g/mol. The van der Waals surface area contributed by atoms with Crippen molar-refractivity contribution in [1.29, 1.82) is 0 Å². The molecule has 2 N–H and O–H groups in total. The molecule has 0 bridgehead atoms. The van der Waals surface area contributed by atoms with Crippen molar-refractivity contribution in [2.45, 2.75) is 33.4 Å². The second kappa shape index (κ2) is 10.2. The number of hydrogen-bond donors (Lipinski definition) is 2. The standard InChI is InChI=1S/C25H32N6/c1-3-26-25(28-19-21-10-8-11-22(18-21)30-15-6-7-16-30)27-14-9-17-31-20(2)29-23-12-4-5-13-24(23)31/h4-8,10-13,18H,3,9,14-17,19H2,1-2H3,(H2,26,27,28). The van der Waals surface area contributed by atoms with Crippen LogP contribution in [0.1, 0.15) is 24.7 Å². The van der Waals surface area contributed by atoms with E-state index in [2.05, 4.69) is 93.5 Å². The van der Waals surface area contributed by atoms with Crippen molar-refractivity contribution in [3.8, 4) is 0 Å². The molecule has 0 saturated carbocycles. The van der Waals surface area contributed by atoms with E-state index >= 15 is 0 Å². The number of benzene rings is 2. The summed E-state index contributed by atoms with van der Waals surface area (Å²) in [7, 11) is 0. The molecule has 31 heavy (non-hydrogen) atoms. The average Bonchev–Trinajstić information content (AvgIpc) is 3.43. The highest BCUT2D eigenvalue weighted by Crippen LogP contribution is 2.19. The van der Waals surface area contributed by atoms with Gasteiger partial charge < -0.3 is 20.1 Å². The lowest BCUT2D eigenvalue weighted by molar-refractivity contribution is 0.624. The molecule has 1 aromatic heterocycles. The van der Waals surface area contributed by atoms with E-state index in [0.29, 0.717) is 6.54 Å². The normalized spacial score (nSPS) is 13.9. The van der Waals surface area contributed by atoms with Crippen molar-refractivity contribution < 1.29 is 0 Å². The van der Waals surface area contributed by atoms with Crippen LogP contribution in [-0.2, 0) is 13.1 Å². The third kappa shape index (κ3) is 5.26. The number of imidazole rings is 1. The van der Waals surface area contributed by atoms with E-state index in [1.54, 1.807) is 0 Å². The maximum atomic E-state index is 4.79. The monoisotopic (exact) mass is 416 g/mol. The molecule has 1 aliphatic rings. The van der Waals surface area contributed by atoms with Gasteiger partial charge in [-0.05, 0) is 50.1 Å². The molecule has 6 nitrogen and oxygen atoms in total. The summed E-state index contributed by atoms with van der Waals surface area (Å²) in [6.45, 7) is 9.45. The topological polar surface area (TPSA) is 57.5 Å². The zero-order valence-electron chi connectivity index (χ0n) is 18.5. The van der Waals surface area contributed by atoms with Crippen LogP contribution < -0.4 is 15.5 Å². The highest BCUT2D eigenvalue weighted by Gasteiger charge is 2.08. The third-order valence-electron chi connectivity index (χ3n) is 5.55. The predicted molar refractivity (Wildman–Crippen MR) is 130 cm³/mol. The van der Waals surface area contributed by atoms with Gasteiger partial charge in [-0.3, -0.25) is 0 Å². The Labute approximate surface area is 184 Å².